The van der Waals surface area contributed by atoms with Gasteiger partial charge in [0.15, 0.2) is 11.2 Å². The first kappa shape index (κ1) is 25.6. The van der Waals surface area contributed by atoms with E-state index in [4.69, 9.17) is 4.74 Å². The summed E-state index contributed by atoms with van der Waals surface area (Å²) < 4.78 is 33.1. The maximum Gasteiger partial charge on any atom is 0.251 e. The smallest absolute Gasteiger partial charge is 0.251 e. The highest BCUT2D eigenvalue weighted by molar-refractivity contribution is 7.93. The SMILES string of the molecule is CC[C@H]1OC(O)[C@H](NS(=O)(=O)/C(C#N)=C/c2ccc3cc(N4CCCCC4)ccc3c2)[C@@H](O)[C@@H]1O. The molecule has 5 atom stereocenters. The Balaban J connectivity index is 1.56. The Hall–Kier alpha value is -2.52. The first-order valence-electron chi connectivity index (χ1n) is 11.9. The Kier molecular flexibility index (Phi) is 7.76. The van der Waals surface area contributed by atoms with Crippen LogP contribution in [0.2, 0.25) is 0 Å². The molecule has 4 rings (SSSR count). The van der Waals surface area contributed by atoms with Gasteiger partial charge < -0.3 is 25.0 Å². The summed E-state index contributed by atoms with van der Waals surface area (Å²) in [4.78, 5) is 1.77. The van der Waals surface area contributed by atoms with Gasteiger partial charge in [0.05, 0.1) is 6.10 Å². The van der Waals surface area contributed by atoms with E-state index in [1.807, 2.05) is 18.2 Å². The van der Waals surface area contributed by atoms with Crippen LogP contribution in [0, 0.1) is 11.3 Å². The van der Waals surface area contributed by atoms with E-state index in [0.717, 1.165) is 29.5 Å². The molecule has 0 radical (unpaired) electrons. The zero-order valence-corrected chi connectivity index (χ0v) is 20.4. The topological polar surface area (TPSA) is 143 Å². The Morgan fingerprint density at radius 1 is 1.11 bits per heavy atom. The lowest BCUT2D eigenvalue weighted by Crippen LogP contribution is -2.63. The van der Waals surface area contributed by atoms with Crippen LogP contribution < -0.4 is 9.62 Å². The number of hydrogen-bond acceptors (Lipinski definition) is 8. The number of piperidine rings is 1. The van der Waals surface area contributed by atoms with Gasteiger partial charge >= 0.3 is 0 Å². The van der Waals surface area contributed by atoms with Crippen molar-refractivity contribution in [3.05, 3.63) is 46.9 Å². The van der Waals surface area contributed by atoms with Crippen molar-refractivity contribution in [3.63, 3.8) is 0 Å². The van der Waals surface area contributed by atoms with Crippen molar-refractivity contribution in [2.24, 2.45) is 0 Å². The van der Waals surface area contributed by atoms with Crippen LogP contribution in [0.5, 0.6) is 0 Å². The van der Waals surface area contributed by atoms with Crippen molar-refractivity contribution in [1.82, 2.24) is 4.72 Å². The number of benzene rings is 2. The number of anilines is 1. The third kappa shape index (κ3) is 5.51. The van der Waals surface area contributed by atoms with Crippen LogP contribution in [0.1, 0.15) is 38.2 Å². The van der Waals surface area contributed by atoms with E-state index < -0.39 is 45.6 Å². The number of ether oxygens (including phenoxy) is 1. The van der Waals surface area contributed by atoms with Crippen LogP contribution in [0.25, 0.3) is 16.8 Å². The molecule has 0 aromatic heterocycles. The maximum absolute atomic E-state index is 12.9. The van der Waals surface area contributed by atoms with Gasteiger partial charge in [0.25, 0.3) is 10.0 Å². The summed E-state index contributed by atoms with van der Waals surface area (Å²) in [5.41, 5.74) is 1.67. The van der Waals surface area contributed by atoms with E-state index in [0.29, 0.717) is 12.0 Å². The molecule has 2 aromatic carbocycles. The molecule has 2 aliphatic rings. The zero-order chi connectivity index (χ0) is 25.2. The van der Waals surface area contributed by atoms with Crippen LogP contribution in [0.15, 0.2) is 41.3 Å². The number of aliphatic hydroxyl groups is 3. The molecule has 2 heterocycles. The van der Waals surface area contributed by atoms with E-state index in [-0.39, 0.29) is 0 Å². The lowest BCUT2D eigenvalue weighted by atomic mass is 9.96. The molecule has 9 nitrogen and oxygen atoms in total. The lowest BCUT2D eigenvalue weighted by Gasteiger charge is -2.40. The molecule has 35 heavy (non-hydrogen) atoms. The molecule has 2 aliphatic heterocycles. The number of nitriles is 1. The number of hydrogen-bond donors (Lipinski definition) is 4. The van der Waals surface area contributed by atoms with Crippen LogP contribution in [-0.4, -0.2) is 67.5 Å². The Morgan fingerprint density at radius 3 is 2.49 bits per heavy atom. The quantitative estimate of drug-likeness (QED) is 0.439. The average Bonchev–Trinajstić information content (AvgIpc) is 2.87. The predicted molar refractivity (Wildman–Crippen MR) is 133 cm³/mol. The van der Waals surface area contributed by atoms with Gasteiger partial charge in [0, 0.05) is 18.8 Å². The molecule has 2 fully saturated rings. The molecule has 10 heteroatoms. The second-order valence-electron chi connectivity index (χ2n) is 9.06. The second kappa shape index (κ2) is 10.6. The standard InChI is InChI=1S/C25H31N3O6S/c1-2-21-23(29)24(30)22(25(31)34-21)27-35(32,33)20(15-26)13-16-6-7-18-14-19(9-8-17(18)12-16)28-10-4-3-5-11-28/h6-9,12-14,21-25,27,29-31H,2-5,10-11H2,1H3/b20-13+/t21-,22-,23-,24-,25?/m1/s1. The van der Waals surface area contributed by atoms with Crippen LogP contribution in [-0.2, 0) is 14.8 Å². The molecule has 0 amide bonds. The molecular weight excluding hydrogens is 470 g/mol. The minimum atomic E-state index is -4.43. The van der Waals surface area contributed by atoms with Crippen molar-refractivity contribution in [1.29, 1.82) is 5.26 Å². The first-order chi connectivity index (χ1) is 16.7. The number of sulfonamides is 1. The molecule has 2 aromatic rings. The molecule has 0 spiro atoms. The van der Waals surface area contributed by atoms with Crippen LogP contribution >= 0.6 is 0 Å². The number of nitrogens with one attached hydrogen (secondary N) is 1. The minimum absolute atomic E-state index is 0.319. The van der Waals surface area contributed by atoms with Gasteiger partial charge in [-0.3, -0.25) is 0 Å². The Morgan fingerprint density at radius 2 is 1.80 bits per heavy atom. The van der Waals surface area contributed by atoms with Gasteiger partial charge in [-0.05, 0) is 66.3 Å². The fourth-order valence-electron chi connectivity index (χ4n) is 4.67. The summed E-state index contributed by atoms with van der Waals surface area (Å²) in [6.07, 6.45) is -0.338. The predicted octanol–water partition coefficient (Wildman–Crippen LogP) is 1.83. The third-order valence-corrected chi connectivity index (χ3v) is 8.05. The van der Waals surface area contributed by atoms with E-state index >= 15 is 0 Å². The second-order valence-corrected chi connectivity index (χ2v) is 10.7. The van der Waals surface area contributed by atoms with E-state index in [9.17, 15) is 29.0 Å². The molecule has 4 N–H and O–H groups in total. The van der Waals surface area contributed by atoms with Gasteiger partial charge in [-0.15, -0.1) is 0 Å². The minimum Gasteiger partial charge on any atom is -0.388 e. The van der Waals surface area contributed by atoms with Crippen molar-refractivity contribution in [2.75, 3.05) is 18.0 Å². The van der Waals surface area contributed by atoms with Crippen molar-refractivity contribution in [2.45, 2.75) is 63.3 Å². The summed E-state index contributed by atoms with van der Waals surface area (Å²) in [6, 6.07) is 11.7. The Bertz CT molecular complexity index is 1240. The molecule has 188 valence electrons. The normalized spacial score (nSPS) is 28.1. The lowest BCUT2D eigenvalue weighted by molar-refractivity contribution is -0.244. The highest BCUT2D eigenvalue weighted by Gasteiger charge is 2.45. The number of nitrogens with zero attached hydrogens (tertiary/aromatic N) is 2. The maximum atomic E-state index is 12.9. The largest absolute Gasteiger partial charge is 0.388 e. The van der Waals surface area contributed by atoms with Crippen molar-refractivity contribution >= 4 is 32.6 Å². The highest BCUT2D eigenvalue weighted by Crippen LogP contribution is 2.27. The van der Waals surface area contributed by atoms with E-state index in [2.05, 4.69) is 15.7 Å². The molecule has 0 aliphatic carbocycles. The number of rotatable bonds is 6. The molecular formula is C25H31N3O6S. The monoisotopic (exact) mass is 501 g/mol. The third-order valence-electron chi connectivity index (χ3n) is 6.68. The van der Waals surface area contributed by atoms with Gasteiger partial charge in [-0.25, -0.2) is 8.42 Å². The number of aliphatic hydroxyl groups excluding tert-OH is 3. The molecule has 2 saturated heterocycles. The summed E-state index contributed by atoms with van der Waals surface area (Å²) in [5, 5.41) is 42.1. The zero-order valence-electron chi connectivity index (χ0n) is 19.5. The Labute approximate surface area is 205 Å². The summed E-state index contributed by atoms with van der Waals surface area (Å²) >= 11 is 0. The number of allylic oxidation sites excluding steroid dienone is 1. The van der Waals surface area contributed by atoms with E-state index in [1.54, 1.807) is 25.1 Å². The highest BCUT2D eigenvalue weighted by atomic mass is 32.2. The summed E-state index contributed by atoms with van der Waals surface area (Å²) in [7, 11) is -4.43. The molecule has 0 bridgehead atoms. The fraction of sp³-hybridized carbons (Fsp3) is 0.480. The van der Waals surface area contributed by atoms with Crippen LogP contribution in [0.4, 0.5) is 5.69 Å². The van der Waals surface area contributed by atoms with Gasteiger partial charge in [-0.1, -0.05) is 25.1 Å². The summed E-state index contributed by atoms with van der Waals surface area (Å²) in [6.45, 7) is 3.77. The van der Waals surface area contributed by atoms with Gasteiger partial charge in [0.2, 0.25) is 0 Å². The fourth-order valence-corrected chi connectivity index (χ4v) is 5.82. The first-order valence-corrected chi connectivity index (χ1v) is 13.3. The number of fused-ring (bicyclic) bond motifs is 1. The molecule has 0 saturated carbocycles. The van der Waals surface area contributed by atoms with E-state index in [1.165, 1.54) is 25.3 Å². The van der Waals surface area contributed by atoms with Crippen LogP contribution in [0.3, 0.4) is 0 Å². The van der Waals surface area contributed by atoms with Crippen molar-refractivity contribution in [3.8, 4) is 6.07 Å². The van der Waals surface area contributed by atoms with Gasteiger partial charge in [0.1, 0.15) is 24.3 Å². The summed E-state index contributed by atoms with van der Waals surface area (Å²) in [5.74, 6) is 0. The van der Waals surface area contributed by atoms with Crippen molar-refractivity contribution < 1.29 is 28.5 Å². The van der Waals surface area contributed by atoms with Gasteiger partial charge in [-0.2, -0.15) is 9.98 Å². The molecule has 1 unspecified atom stereocenters. The average molecular weight is 502 g/mol.